The van der Waals surface area contributed by atoms with E-state index in [4.69, 9.17) is 4.74 Å². The van der Waals surface area contributed by atoms with Crippen LogP contribution in [0.2, 0.25) is 0 Å². The van der Waals surface area contributed by atoms with Gasteiger partial charge in [0.2, 0.25) is 6.29 Å². The van der Waals surface area contributed by atoms with Crippen LogP contribution in [-0.2, 0) is 4.74 Å². The highest BCUT2D eigenvalue weighted by atomic mass is 16.6. The minimum absolute atomic E-state index is 0.0358. The van der Waals surface area contributed by atoms with Crippen LogP contribution in [0.4, 0.5) is 0 Å². The number of hydrogen-bond acceptors (Lipinski definition) is 4. The number of esters is 1. The summed E-state index contributed by atoms with van der Waals surface area (Å²) in [5, 5.41) is 18.8. The van der Waals surface area contributed by atoms with Crippen LogP contribution in [0, 0.1) is 6.92 Å². The zero-order chi connectivity index (χ0) is 12.8. The predicted octanol–water partition coefficient (Wildman–Crippen LogP) is 1.63. The zero-order valence-electron chi connectivity index (χ0n) is 10.1. The molecule has 0 aliphatic heterocycles. The molecular formula is C13H18O4. The minimum Gasteiger partial charge on any atom is -0.432 e. The first-order valence-corrected chi connectivity index (χ1v) is 5.67. The number of aliphatic hydroxyl groups excluding tert-OH is 2. The van der Waals surface area contributed by atoms with Crippen molar-refractivity contribution in [2.75, 3.05) is 0 Å². The van der Waals surface area contributed by atoms with Crippen LogP contribution in [0.3, 0.4) is 0 Å². The lowest BCUT2D eigenvalue weighted by molar-refractivity contribution is -0.0860. The van der Waals surface area contributed by atoms with Crippen molar-refractivity contribution in [3.63, 3.8) is 0 Å². The second kappa shape index (κ2) is 6.37. The third-order valence-electron chi connectivity index (χ3n) is 2.55. The van der Waals surface area contributed by atoms with E-state index in [9.17, 15) is 15.0 Å². The summed E-state index contributed by atoms with van der Waals surface area (Å²) in [4.78, 5) is 11.7. The van der Waals surface area contributed by atoms with E-state index in [1.165, 1.54) is 0 Å². The van der Waals surface area contributed by atoms with E-state index in [1.807, 2.05) is 6.07 Å². The second-order valence-corrected chi connectivity index (χ2v) is 3.97. The van der Waals surface area contributed by atoms with Crippen LogP contribution < -0.4 is 0 Å². The van der Waals surface area contributed by atoms with Crippen molar-refractivity contribution in [1.29, 1.82) is 0 Å². The lowest BCUT2D eigenvalue weighted by Gasteiger charge is -2.15. The van der Waals surface area contributed by atoms with Crippen molar-refractivity contribution in [1.82, 2.24) is 0 Å². The fraction of sp³-hybridized carbons (Fsp3) is 0.462. The predicted molar refractivity (Wildman–Crippen MR) is 63.5 cm³/mol. The number of carbonyl (C=O) groups is 1. The maximum absolute atomic E-state index is 11.7. The third-order valence-corrected chi connectivity index (χ3v) is 2.55. The van der Waals surface area contributed by atoms with Crippen molar-refractivity contribution >= 4 is 5.97 Å². The maximum atomic E-state index is 11.7. The van der Waals surface area contributed by atoms with Crippen molar-refractivity contribution in [3.8, 4) is 0 Å². The van der Waals surface area contributed by atoms with Crippen LogP contribution in [0.1, 0.15) is 35.7 Å². The van der Waals surface area contributed by atoms with Crippen molar-refractivity contribution in [3.05, 3.63) is 35.4 Å². The highest BCUT2D eigenvalue weighted by molar-refractivity contribution is 5.91. The molecule has 2 unspecified atom stereocenters. The Bertz CT molecular complexity index is 375. The summed E-state index contributed by atoms with van der Waals surface area (Å²) in [6.07, 6.45) is -1.38. The summed E-state index contributed by atoms with van der Waals surface area (Å²) in [5.74, 6) is -0.570. The van der Waals surface area contributed by atoms with Gasteiger partial charge in [0.25, 0.3) is 0 Å². The molecule has 2 atom stereocenters. The van der Waals surface area contributed by atoms with Gasteiger partial charge in [-0.2, -0.15) is 0 Å². The molecule has 0 aromatic heterocycles. The van der Waals surface area contributed by atoms with Gasteiger partial charge in [-0.25, -0.2) is 4.79 Å². The first-order chi connectivity index (χ1) is 8.04. The van der Waals surface area contributed by atoms with Crippen LogP contribution in [0.15, 0.2) is 24.3 Å². The third kappa shape index (κ3) is 4.17. The Balaban J connectivity index is 2.58. The SMILES string of the molecule is CCC(O)CC(O)OC(=O)c1ccccc1C. The summed E-state index contributed by atoms with van der Waals surface area (Å²) in [6.45, 7) is 3.59. The fourth-order valence-electron chi connectivity index (χ4n) is 1.44. The molecule has 4 heteroatoms. The van der Waals surface area contributed by atoms with E-state index in [2.05, 4.69) is 0 Å². The molecule has 0 aliphatic rings. The Morgan fingerprint density at radius 1 is 1.35 bits per heavy atom. The van der Waals surface area contributed by atoms with E-state index in [-0.39, 0.29) is 6.42 Å². The van der Waals surface area contributed by atoms with Gasteiger partial charge in [0.15, 0.2) is 0 Å². The molecule has 1 aromatic rings. The lowest BCUT2D eigenvalue weighted by Crippen LogP contribution is -2.23. The molecule has 0 saturated carbocycles. The molecule has 0 bridgehead atoms. The largest absolute Gasteiger partial charge is 0.432 e. The van der Waals surface area contributed by atoms with Gasteiger partial charge in [-0.05, 0) is 25.0 Å². The Hall–Kier alpha value is -1.39. The van der Waals surface area contributed by atoms with E-state index in [1.54, 1.807) is 32.0 Å². The van der Waals surface area contributed by atoms with Crippen molar-refractivity contribution in [2.24, 2.45) is 0 Å². The van der Waals surface area contributed by atoms with E-state index in [0.717, 1.165) is 5.56 Å². The molecule has 0 radical (unpaired) electrons. The highest BCUT2D eigenvalue weighted by Crippen LogP contribution is 2.11. The fourth-order valence-corrected chi connectivity index (χ4v) is 1.44. The Morgan fingerprint density at radius 3 is 2.59 bits per heavy atom. The smallest absolute Gasteiger partial charge is 0.340 e. The van der Waals surface area contributed by atoms with E-state index < -0.39 is 18.4 Å². The number of rotatable bonds is 5. The van der Waals surface area contributed by atoms with Gasteiger partial charge >= 0.3 is 5.97 Å². The molecule has 1 rings (SSSR count). The Kier molecular flexibility index (Phi) is 5.12. The summed E-state index contributed by atoms with van der Waals surface area (Å²) < 4.78 is 4.85. The van der Waals surface area contributed by atoms with Crippen molar-refractivity contribution < 1.29 is 19.7 Å². The number of aryl methyl sites for hydroxylation is 1. The average Bonchev–Trinajstić information content (AvgIpc) is 2.29. The van der Waals surface area contributed by atoms with Gasteiger partial charge in [-0.1, -0.05) is 25.1 Å². The van der Waals surface area contributed by atoms with Gasteiger partial charge < -0.3 is 14.9 Å². The first kappa shape index (κ1) is 13.7. The molecule has 0 heterocycles. The Labute approximate surface area is 101 Å². The lowest BCUT2D eigenvalue weighted by atomic mass is 10.1. The molecule has 0 saturated heterocycles. The topological polar surface area (TPSA) is 66.8 Å². The summed E-state index contributed by atoms with van der Waals surface area (Å²) in [7, 11) is 0. The number of benzene rings is 1. The molecule has 4 nitrogen and oxygen atoms in total. The normalized spacial score (nSPS) is 14.1. The molecular weight excluding hydrogens is 220 g/mol. The molecule has 17 heavy (non-hydrogen) atoms. The van der Waals surface area contributed by atoms with E-state index >= 15 is 0 Å². The second-order valence-electron chi connectivity index (χ2n) is 3.97. The summed E-state index contributed by atoms with van der Waals surface area (Å²) >= 11 is 0. The average molecular weight is 238 g/mol. The molecule has 94 valence electrons. The van der Waals surface area contributed by atoms with Crippen LogP contribution in [0.5, 0.6) is 0 Å². The van der Waals surface area contributed by atoms with Crippen LogP contribution in [-0.4, -0.2) is 28.6 Å². The number of hydrogen-bond donors (Lipinski definition) is 2. The minimum atomic E-state index is -1.27. The Morgan fingerprint density at radius 2 is 2.00 bits per heavy atom. The summed E-state index contributed by atoms with van der Waals surface area (Å²) in [6, 6.07) is 6.99. The van der Waals surface area contributed by atoms with Gasteiger partial charge in [-0.15, -0.1) is 0 Å². The molecule has 1 aromatic carbocycles. The molecule has 0 amide bonds. The van der Waals surface area contributed by atoms with Crippen LogP contribution in [0.25, 0.3) is 0 Å². The number of ether oxygens (including phenoxy) is 1. The molecule has 0 fully saturated rings. The number of aliphatic hydroxyl groups is 2. The van der Waals surface area contributed by atoms with Gasteiger partial charge in [-0.3, -0.25) is 0 Å². The van der Waals surface area contributed by atoms with Crippen molar-refractivity contribution in [2.45, 2.75) is 39.1 Å². The summed E-state index contributed by atoms with van der Waals surface area (Å²) in [5.41, 5.74) is 1.22. The highest BCUT2D eigenvalue weighted by Gasteiger charge is 2.17. The standard InChI is InChI=1S/C13H18O4/c1-3-10(14)8-12(15)17-13(16)11-7-5-4-6-9(11)2/h4-7,10,12,14-15H,3,8H2,1-2H3. The molecule has 0 spiro atoms. The zero-order valence-corrected chi connectivity index (χ0v) is 10.1. The van der Waals surface area contributed by atoms with E-state index in [0.29, 0.717) is 12.0 Å². The van der Waals surface area contributed by atoms with Crippen LogP contribution >= 0.6 is 0 Å². The monoisotopic (exact) mass is 238 g/mol. The van der Waals surface area contributed by atoms with Gasteiger partial charge in [0.05, 0.1) is 11.7 Å². The quantitative estimate of drug-likeness (QED) is 0.604. The molecule has 0 aliphatic carbocycles. The maximum Gasteiger partial charge on any atom is 0.340 e. The number of carbonyl (C=O) groups excluding carboxylic acids is 1. The molecule has 2 N–H and O–H groups in total. The first-order valence-electron chi connectivity index (χ1n) is 5.67. The van der Waals surface area contributed by atoms with Gasteiger partial charge in [0, 0.05) is 6.42 Å². The van der Waals surface area contributed by atoms with Gasteiger partial charge in [0.1, 0.15) is 0 Å².